The Kier molecular flexibility index (Phi) is 3.66. The van der Waals surface area contributed by atoms with Gasteiger partial charge in [0.1, 0.15) is 6.29 Å². The predicted molar refractivity (Wildman–Crippen MR) is 67.6 cm³/mol. The summed E-state index contributed by atoms with van der Waals surface area (Å²) in [5.74, 6) is -0.0571. The number of ether oxygens (including phenoxy) is 1. The molecule has 1 N–H and O–H groups in total. The lowest BCUT2D eigenvalue weighted by Gasteiger charge is -2.18. The Bertz CT molecular complexity index is 467. The number of benzene rings is 1. The summed E-state index contributed by atoms with van der Waals surface area (Å²) in [4.78, 5) is 10.8. The third kappa shape index (κ3) is 2.25. The minimum Gasteiger partial charge on any atom is -0.494 e. The molecule has 1 aliphatic rings. The van der Waals surface area contributed by atoms with Gasteiger partial charge >= 0.3 is 0 Å². The Hall–Kier alpha value is -1.42. The van der Waals surface area contributed by atoms with Crippen molar-refractivity contribution in [3.05, 3.63) is 28.6 Å². The number of carbonyl (C=O) groups is 1. The monoisotopic (exact) mass is 251 g/mol. The summed E-state index contributed by atoms with van der Waals surface area (Å²) < 4.78 is 19.4. The first-order valence-corrected chi connectivity index (χ1v) is 6.16. The van der Waals surface area contributed by atoms with Gasteiger partial charge in [0.15, 0.2) is 11.6 Å². The zero-order valence-electron chi connectivity index (χ0n) is 10.9. The molecule has 1 fully saturated rings. The van der Waals surface area contributed by atoms with Crippen LogP contribution in [0.4, 0.5) is 4.39 Å². The minimum atomic E-state index is -0.339. The van der Waals surface area contributed by atoms with E-state index >= 15 is 0 Å². The second-order valence-corrected chi connectivity index (χ2v) is 4.86. The van der Waals surface area contributed by atoms with E-state index in [-0.39, 0.29) is 29.9 Å². The molecule has 3 nitrogen and oxygen atoms in total. The first-order valence-electron chi connectivity index (χ1n) is 6.16. The van der Waals surface area contributed by atoms with E-state index in [0.717, 1.165) is 24.0 Å². The third-order valence-corrected chi connectivity index (χ3v) is 3.28. The molecule has 0 bridgehead atoms. The average Bonchev–Trinajstić information content (AvgIpc) is 3.13. The first kappa shape index (κ1) is 13.0. The minimum absolute atomic E-state index is 0.0209. The molecule has 1 atom stereocenters. The summed E-state index contributed by atoms with van der Waals surface area (Å²) >= 11 is 0. The molecule has 0 amide bonds. The number of halogens is 1. The van der Waals surface area contributed by atoms with Crippen molar-refractivity contribution in [1.82, 2.24) is 5.32 Å². The maximum Gasteiger partial charge on any atom is 0.168 e. The predicted octanol–water partition coefficient (Wildman–Crippen LogP) is 2.34. The fourth-order valence-electron chi connectivity index (χ4n) is 2.36. The summed E-state index contributed by atoms with van der Waals surface area (Å²) in [5, 5.41) is 3.19. The van der Waals surface area contributed by atoms with Crippen LogP contribution in [0.3, 0.4) is 0 Å². The van der Waals surface area contributed by atoms with Crippen LogP contribution >= 0.6 is 0 Å². The summed E-state index contributed by atoms with van der Waals surface area (Å²) in [6.45, 7) is 4.73. The maximum absolute atomic E-state index is 14.3. The molecule has 0 aliphatic carbocycles. The Morgan fingerprint density at radius 2 is 2.28 bits per heavy atom. The summed E-state index contributed by atoms with van der Waals surface area (Å²) in [7, 11) is 1.46. The van der Waals surface area contributed by atoms with Gasteiger partial charge in [-0.25, -0.2) is 4.39 Å². The molecule has 1 aromatic rings. The molecular formula is C14H18FNO2. The van der Waals surface area contributed by atoms with Gasteiger partial charge in [0.05, 0.1) is 7.11 Å². The summed E-state index contributed by atoms with van der Waals surface area (Å²) in [6.07, 6.45) is 1.08. The van der Waals surface area contributed by atoms with E-state index in [9.17, 15) is 9.18 Å². The van der Waals surface area contributed by atoms with Crippen LogP contribution in [-0.4, -0.2) is 19.9 Å². The quantitative estimate of drug-likeness (QED) is 0.645. The van der Waals surface area contributed by atoms with Gasteiger partial charge in [-0.2, -0.15) is 0 Å². The van der Waals surface area contributed by atoms with E-state index in [1.807, 2.05) is 13.8 Å². The van der Waals surface area contributed by atoms with Crippen LogP contribution in [-0.2, 0) is 11.2 Å². The number of carbonyl (C=O) groups excluding carboxylic acids is 1. The van der Waals surface area contributed by atoms with Crippen molar-refractivity contribution >= 4 is 6.29 Å². The zero-order chi connectivity index (χ0) is 13.3. The van der Waals surface area contributed by atoms with E-state index in [4.69, 9.17) is 4.74 Å². The molecule has 1 aliphatic heterocycles. The molecule has 4 heteroatoms. The SMILES string of the molecule is COc1cc(C2CN2)c(CC=O)c(C(C)C)c1F. The van der Waals surface area contributed by atoms with Crippen LogP contribution in [0.1, 0.15) is 42.5 Å². The van der Waals surface area contributed by atoms with Crippen molar-refractivity contribution in [3.8, 4) is 5.75 Å². The zero-order valence-corrected chi connectivity index (χ0v) is 10.9. The number of nitrogens with one attached hydrogen (secondary N) is 1. The molecule has 98 valence electrons. The average molecular weight is 251 g/mol. The molecule has 1 unspecified atom stereocenters. The molecule has 2 rings (SSSR count). The van der Waals surface area contributed by atoms with Gasteiger partial charge in [-0.3, -0.25) is 0 Å². The number of rotatable bonds is 5. The maximum atomic E-state index is 14.3. The molecule has 0 aromatic heterocycles. The second-order valence-electron chi connectivity index (χ2n) is 4.86. The first-order chi connectivity index (χ1) is 8.60. The number of aldehydes is 1. The third-order valence-electron chi connectivity index (χ3n) is 3.28. The van der Waals surface area contributed by atoms with Crippen molar-refractivity contribution in [3.63, 3.8) is 0 Å². The van der Waals surface area contributed by atoms with Crippen LogP contribution in [0.15, 0.2) is 6.07 Å². The largest absolute Gasteiger partial charge is 0.494 e. The molecular weight excluding hydrogens is 233 g/mol. The molecule has 0 spiro atoms. The van der Waals surface area contributed by atoms with Gasteiger partial charge in [0, 0.05) is 19.0 Å². The fraction of sp³-hybridized carbons (Fsp3) is 0.500. The van der Waals surface area contributed by atoms with Gasteiger partial charge in [0.25, 0.3) is 0 Å². The normalized spacial score (nSPS) is 17.9. The highest BCUT2D eigenvalue weighted by atomic mass is 19.1. The van der Waals surface area contributed by atoms with Gasteiger partial charge in [-0.15, -0.1) is 0 Å². The summed E-state index contributed by atoms with van der Waals surface area (Å²) in [5.41, 5.74) is 2.41. The smallest absolute Gasteiger partial charge is 0.168 e. The van der Waals surface area contributed by atoms with Gasteiger partial charge in [0.2, 0.25) is 0 Å². The van der Waals surface area contributed by atoms with Crippen LogP contribution in [0.5, 0.6) is 5.75 Å². The van der Waals surface area contributed by atoms with Gasteiger partial charge in [-0.1, -0.05) is 13.8 Å². The van der Waals surface area contributed by atoms with Crippen molar-refractivity contribution in [2.75, 3.05) is 13.7 Å². The number of methoxy groups -OCH3 is 1. The molecule has 1 saturated heterocycles. The van der Waals surface area contributed by atoms with E-state index in [0.29, 0.717) is 5.56 Å². The van der Waals surface area contributed by atoms with Crippen LogP contribution in [0, 0.1) is 5.82 Å². The molecule has 1 aromatic carbocycles. The van der Waals surface area contributed by atoms with E-state index < -0.39 is 0 Å². The highest BCUT2D eigenvalue weighted by Crippen LogP contribution is 2.37. The van der Waals surface area contributed by atoms with Crippen molar-refractivity contribution in [1.29, 1.82) is 0 Å². The highest BCUT2D eigenvalue weighted by molar-refractivity contribution is 5.60. The Labute approximate surface area is 106 Å². The highest BCUT2D eigenvalue weighted by Gasteiger charge is 2.30. The van der Waals surface area contributed by atoms with Crippen molar-refractivity contribution in [2.45, 2.75) is 32.2 Å². The molecule has 1 heterocycles. The molecule has 0 radical (unpaired) electrons. The van der Waals surface area contributed by atoms with Crippen molar-refractivity contribution < 1.29 is 13.9 Å². The van der Waals surface area contributed by atoms with E-state index in [1.54, 1.807) is 6.07 Å². The van der Waals surface area contributed by atoms with Gasteiger partial charge in [-0.05, 0) is 28.7 Å². The molecule has 18 heavy (non-hydrogen) atoms. The van der Waals surface area contributed by atoms with E-state index in [2.05, 4.69) is 5.32 Å². The lowest BCUT2D eigenvalue weighted by atomic mass is 9.89. The van der Waals surface area contributed by atoms with Crippen molar-refractivity contribution in [2.24, 2.45) is 0 Å². The number of hydrogen-bond acceptors (Lipinski definition) is 3. The second kappa shape index (κ2) is 5.06. The van der Waals surface area contributed by atoms with Crippen LogP contribution in [0.25, 0.3) is 0 Å². The Morgan fingerprint density at radius 3 is 2.72 bits per heavy atom. The van der Waals surface area contributed by atoms with Gasteiger partial charge < -0.3 is 14.8 Å². The van der Waals surface area contributed by atoms with E-state index in [1.165, 1.54) is 7.11 Å². The van der Waals surface area contributed by atoms with Crippen LogP contribution in [0.2, 0.25) is 0 Å². The van der Waals surface area contributed by atoms with Crippen LogP contribution < -0.4 is 10.1 Å². The Balaban J connectivity index is 2.64. The number of hydrogen-bond donors (Lipinski definition) is 1. The Morgan fingerprint density at radius 1 is 1.61 bits per heavy atom. The summed E-state index contributed by atoms with van der Waals surface area (Å²) in [6, 6.07) is 1.94. The fourth-order valence-corrected chi connectivity index (χ4v) is 2.36. The lowest BCUT2D eigenvalue weighted by molar-refractivity contribution is -0.107. The topological polar surface area (TPSA) is 48.2 Å². The standard InChI is InChI=1S/C14H18FNO2/c1-8(2)13-9(4-5-17)10(11-7-16-11)6-12(18-3)14(13)15/h5-6,8,11,16H,4,7H2,1-3H3. The lowest BCUT2D eigenvalue weighted by Crippen LogP contribution is -2.08. The molecule has 0 saturated carbocycles.